The Labute approximate surface area is 124 Å². The highest BCUT2D eigenvalue weighted by Crippen LogP contribution is 2.31. The predicted octanol–water partition coefficient (Wildman–Crippen LogP) is 2.25. The SMILES string of the molecule is COc1ccc([C@@H](C)N[C@H]2CC(=O)N(C3CC3)C2)c(F)c1. The van der Waals surface area contributed by atoms with E-state index >= 15 is 0 Å². The van der Waals surface area contributed by atoms with Crippen LogP contribution in [0.1, 0.15) is 37.8 Å². The van der Waals surface area contributed by atoms with E-state index in [0.29, 0.717) is 23.8 Å². The number of nitrogens with one attached hydrogen (secondary N) is 1. The molecule has 5 heteroatoms. The Kier molecular flexibility index (Phi) is 3.85. The molecule has 2 atom stereocenters. The van der Waals surface area contributed by atoms with Crippen molar-refractivity contribution in [3.05, 3.63) is 29.6 Å². The lowest BCUT2D eigenvalue weighted by molar-refractivity contribution is -0.128. The van der Waals surface area contributed by atoms with Crippen molar-refractivity contribution >= 4 is 5.91 Å². The van der Waals surface area contributed by atoms with E-state index in [0.717, 1.165) is 19.4 Å². The van der Waals surface area contributed by atoms with E-state index in [1.165, 1.54) is 13.2 Å². The van der Waals surface area contributed by atoms with Crippen molar-refractivity contribution in [1.29, 1.82) is 0 Å². The first kappa shape index (κ1) is 14.3. The number of carbonyl (C=O) groups is 1. The van der Waals surface area contributed by atoms with Gasteiger partial charge in [0.2, 0.25) is 5.91 Å². The molecule has 1 aliphatic carbocycles. The lowest BCUT2D eigenvalue weighted by atomic mass is 10.1. The third kappa shape index (κ3) is 3.02. The van der Waals surface area contributed by atoms with Crippen LogP contribution in [0.4, 0.5) is 4.39 Å². The maximum atomic E-state index is 14.1. The molecule has 1 amide bonds. The molecule has 3 rings (SSSR count). The molecular weight excluding hydrogens is 271 g/mol. The van der Waals surface area contributed by atoms with Crippen molar-refractivity contribution in [3.8, 4) is 5.75 Å². The molecule has 1 aliphatic heterocycles. The summed E-state index contributed by atoms with van der Waals surface area (Å²) in [5.41, 5.74) is 0.605. The minimum Gasteiger partial charge on any atom is -0.497 e. The van der Waals surface area contributed by atoms with Crippen LogP contribution in [0.2, 0.25) is 0 Å². The molecule has 0 radical (unpaired) electrons. The Bertz CT molecular complexity index is 545. The topological polar surface area (TPSA) is 41.6 Å². The van der Waals surface area contributed by atoms with Crippen LogP contribution in [0.15, 0.2) is 18.2 Å². The standard InChI is InChI=1S/C16H21FN2O2/c1-10(14-6-5-13(21-2)8-15(14)17)18-11-7-16(20)19(9-11)12-3-4-12/h5-6,8,10-12,18H,3-4,7,9H2,1-2H3/t10-,11+/m1/s1. The van der Waals surface area contributed by atoms with Gasteiger partial charge in [0.05, 0.1) is 7.11 Å². The summed E-state index contributed by atoms with van der Waals surface area (Å²) in [6, 6.07) is 5.32. The molecule has 114 valence electrons. The number of likely N-dealkylation sites (tertiary alicyclic amines) is 1. The van der Waals surface area contributed by atoms with E-state index < -0.39 is 0 Å². The average molecular weight is 292 g/mol. The predicted molar refractivity (Wildman–Crippen MR) is 77.6 cm³/mol. The molecule has 1 aromatic rings. The molecule has 1 N–H and O–H groups in total. The molecule has 1 saturated heterocycles. The van der Waals surface area contributed by atoms with Crippen LogP contribution < -0.4 is 10.1 Å². The first-order valence-corrected chi connectivity index (χ1v) is 7.47. The van der Waals surface area contributed by atoms with Crippen LogP contribution in [-0.4, -0.2) is 36.5 Å². The minimum atomic E-state index is -0.280. The van der Waals surface area contributed by atoms with E-state index in [1.807, 2.05) is 11.8 Å². The Morgan fingerprint density at radius 3 is 2.81 bits per heavy atom. The average Bonchev–Trinajstić information content (AvgIpc) is 3.23. The number of hydrogen-bond donors (Lipinski definition) is 1. The molecule has 0 bridgehead atoms. The van der Waals surface area contributed by atoms with Crippen LogP contribution in [0.5, 0.6) is 5.75 Å². The van der Waals surface area contributed by atoms with Crippen LogP contribution in [-0.2, 0) is 4.79 Å². The van der Waals surface area contributed by atoms with Crippen LogP contribution in [0.3, 0.4) is 0 Å². The zero-order chi connectivity index (χ0) is 15.0. The Hall–Kier alpha value is -1.62. The first-order chi connectivity index (χ1) is 10.1. The lowest BCUT2D eigenvalue weighted by Gasteiger charge is -2.21. The Morgan fingerprint density at radius 1 is 1.43 bits per heavy atom. The molecule has 1 saturated carbocycles. The lowest BCUT2D eigenvalue weighted by Crippen LogP contribution is -2.35. The first-order valence-electron chi connectivity index (χ1n) is 7.47. The number of amides is 1. The molecular formula is C16H21FN2O2. The third-order valence-electron chi connectivity index (χ3n) is 4.31. The second-order valence-corrected chi connectivity index (χ2v) is 5.95. The zero-order valence-electron chi connectivity index (χ0n) is 12.4. The molecule has 21 heavy (non-hydrogen) atoms. The van der Waals surface area contributed by atoms with Crippen molar-refractivity contribution in [2.75, 3.05) is 13.7 Å². The molecule has 0 unspecified atom stereocenters. The van der Waals surface area contributed by atoms with Crippen molar-refractivity contribution in [1.82, 2.24) is 10.2 Å². The smallest absolute Gasteiger partial charge is 0.224 e. The minimum absolute atomic E-state index is 0.106. The van der Waals surface area contributed by atoms with Gasteiger partial charge in [0.25, 0.3) is 0 Å². The van der Waals surface area contributed by atoms with Crippen molar-refractivity contribution in [2.24, 2.45) is 0 Å². The van der Waals surface area contributed by atoms with Crippen LogP contribution in [0.25, 0.3) is 0 Å². The fraction of sp³-hybridized carbons (Fsp3) is 0.562. The number of ether oxygens (including phenoxy) is 1. The van der Waals surface area contributed by atoms with E-state index in [-0.39, 0.29) is 23.8 Å². The summed E-state index contributed by atoms with van der Waals surface area (Å²) in [6.45, 7) is 2.67. The highest BCUT2D eigenvalue weighted by atomic mass is 19.1. The zero-order valence-corrected chi connectivity index (χ0v) is 12.4. The molecule has 1 aromatic carbocycles. The highest BCUT2D eigenvalue weighted by molar-refractivity contribution is 5.80. The van der Waals surface area contributed by atoms with Gasteiger partial charge in [-0.25, -0.2) is 4.39 Å². The van der Waals surface area contributed by atoms with Crippen LogP contribution >= 0.6 is 0 Å². The third-order valence-corrected chi connectivity index (χ3v) is 4.31. The summed E-state index contributed by atoms with van der Waals surface area (Å²) in [7, 11) is 1.52. The summed E-state index contributed by atoms with van der Waals surface area (Å²) >= 11 is 0. The quantitative estimate of drug-likeness (QED) is 0.905. The van der Waals surface area contributed by atoms with E-state index in [9.17, 15) is 9.18 Å². The summed E-state index contributed by atoms with van der Waals surface area (Å²) in [5.74, 6) is 0.453. The number of rotatable bonds is 5. The van der Waals surface area contributed by atoms with Gasteiger partial charge in [0.1, 0.15) is 11.6 Å². The van der Waals surface area contributed by atoms with E-state index in [1.54, 1.807) is 12.1 Å². The van der Waals surface area contributed by atoms with Crippen LogP contribution in [0, 0.1) is 5.82 Å². The number of methoxy groups -OCH3 is 1. The van der Waals surface area contributed by atoms with Gasteiger partial charge in [0.15, 0.2) is 0 Å². The van der Waals surface area contributed by atoms with Gasteiger partial charge in [-0.15, -0.1) is 0 Å². The molecule has 2 fully saturated rings. The number of benzene rings is 1. The fourth-order valence-corrected chi connectivity index (χ4v) is 3.01. The number of hydrogen-bond acceptors (Lipinski definition) is 3. The largest absolute Gasteiger partial charge is 0.497 e. The van der Waals surface area contributed by atoms with Gasteiger partial charge < -0.3 is 15.0 Å². The number of nitrogens with zero attached hydrogens (tertiary/aromatic N) is 1. The highest BCUT2D eigenvalue weighted by Gasteiger charge is 2.39. The van der Waals surface area contributed by atoms with Crippen molar-refractivity contribution in [2.45, 2.75) is 44.3 Å². The summed E-state index contributed by atoms with van der Waals surface area (Å²) in [5, 5.41) is 3.37. The Morgan fingerprint density at radius 2 is 2.19 bits per heavy atom. The van der Waals surface area contributed by atoms with Gasteiger partial charge >= 0.3 is 0 Å². The normalized spacial score (nSPS) is 23.5. The number of carbonyl (C=O) groups excluding carboxylic acids is 1. The summed E-state index contributed by atoms with van der Waals surface area (Å²) in [6.07, 6.45) is 2.76. The maximum Gasteiger partial charge on any atom is 0.224 e. The molecule has 2 aliphatic rings. The molecule has 1 heterocycles. The van der Waals surface area contributed by atoms with Gasteiger partial charge in [0, 0.05) is 42.7 Å². The van der Waals surface area contributed by atoms with Gasteiger partial charge in [-0.1, -0.05) is 6.07 Å². The van der Waals surface area contributed by atoms with Gasteiger partial charge in [-0.2, -0.15) is 0 Å². The summed E-state index contributed by atoms with van der Waals surface area (Å²) in [4.78, 5) is 13.9. The second kappa shape index (κ2) is 5.64. The molecule has 4 nitrogen and oxygen atoms in total. The molecule has 0 spiro atoms. The maximum absolute atomic E-state index is 14.1. The fourth-order valence-electron chi connectivity index (χ4n) is 3.01. The number of halogens is 1. The van der Waals surface area contributed by atoms with Crippen molar-refractivity contribution in [3.63, 3.8) is 0 Å². The Balaban J connectivity index is 1.63. The monoisotopic (exact) mass is 292 g/mol. The van der Waals surface area contributed by atoms with Gasteiger partial charge in [-0.3, -0.25) is 4.79 Å². The summed E-state index contributed by atoms with van der Waals surface area (Å²) < 4.78 is 19.1. The molecule has 0 aromatic heterocycles. The van der Waals surface area contributed by atoms with Crippen molar-refractivity contribution < 1.29 is 13.9 Å². The van der Waals surface area contributed by atoms with E-state index in [2.05, 4.69) is 5.32 Å². The van der Waals surface area contributed by atoms with Gasteiger partial charge in [-0.05, 0) is 25.8 Å². The van der Waals surface area contributed by atoms with E-state index in [4.69, 9.17) is 4.74 Å². The second-order valence-electron chi connectivity index (χ2n) is 5.95.